The number of aliphatic imine (C=N–C) groups is 1. The van der Waals surface area contributed by atoms with Crippen LogP contribution in [0.25, 0.3) is 11.1 Å². The van der Waals surface area contributed by atoms with Crippen LogP contribution in [0.4, 0.5) is 4.39 Å². The Labute approximate surface area is 177 Å². The first-order valence-electron chi connectivity index (χ1n) is 9.72. The molecule has 6 nitrogen and oxygen atoms in total. The summed E-state index contributed by atoms with van der Waals surface area (Å²) in [5.74, 6) is -0.497. The number of hydrogen-bond acceptors (Lipinski definition) is 5. The second-order valence-electron chi connectivity index (χ2n) is 8.01. The van der Waals surface area contributed by atoms with Gasteiger partial charge >= 0.3 is 0 Å². The highest BCUT2D eigenvalue weighted by Crippen LogP contribution is 2.53. The van der Waals surface area contributed by atoms with Crippen LogP contribution in [0, 0.1) is 11.7 Å². The summed E-state index contributed by atoms with van der Waals surface area (Å²) in [7, 11) is 1.57. The number of nitrogens with zero attached hydrogens (tertiary/aromatic N) is 2. The van der Waals surface area contributed by atoms with Crippen molar-refractivity contribution in [2.45, 2.75) is 30.9 Å². The summed E-state index contributed by atoms with van der Waals surface area (Å²) in [5.41, 5.74) is 6.47. The van der Waals surface area contributed by atoms with Crippen LogP contribution < -0.4 is 10.5 Å². The molecular weight excluding hydrogens is 409 g/mol. The number of ether oxygens (including phenoxy) is 1. The van der Waals surface area contributed by atoms with Gasteiger partial charge in [0.1, 0.15) is 23.5 Å². The first-order chi connectivity index (χ1) is 14.3. The van der Waals surface area contributed by atoms with Crippen LogP contribution in [0.1, 0.15) is 24.8 Å². The van der Waals surface area contributed by atoms with Crippen LogP contribution in [0.2, 0.25) is 5.02 Å². The highest BCUT2D eigenvalue weighted by molar-refractivity contribution is 6.30. The van der Waals surface area contributed by atoms with E-state index in [9.17, 15) is 14.0 Å². The fourth-order valence-corrected chi connectivity index (χ4v) is 5.04. The van der Waals surface area contributed by atoms with Gasteiger partial charge in [-0.1, -0.05) is 17.7 Å². The van der Waals surface area contributed by atoms with Crippen molar-refractivity contribution in [2.24, 2.45) is 16.6 Å². The number of Topliss-reactive ketones (excluding diaryl/α,β-unsaturated/α-hetero) is 1. The molecule has 1 aliphatic carbocycles. The number of carbonyl (C=O) groups excluding carboxylic acids is 2. The zero-order valence-electron chi connectivity index (χ0n) is 16.2. The lowest BCUT2D eigenvalue weighted by Gasteiger charge is -2.45. The number of fused-ring (bicyclic) bond motifs is 4. The van der Waals surface area contributed by atoms with Gasteiger partial charge in [-0.3, -0.25) is 14.5 Å². The van der Waals surface area contributed by atoms with Gasteiger partial charge in [-0.2, -0.15) is 0 Å². The van der Waals surface area contributed by atoms with E-state index < -0.39 is 17.3 Å². The minimum atomic E-state index is -1.33. The zero-order valence-corrected chi connectivity index (χ0v) is 16.9. The van der Waals surface area contributed by atoms with Gasteiger partial charge in [0.15, 0.2) is 11.5 Å². The van der Waals surface area contributed by atoms with Crippen molar-refractivity contribution in [1.82, 2.24) is 4.90 Å². The number of halogens is 2. The van der Waals surface area contributed by atoms with Crippen molar-refractivity contribution < 1.29 is 18.7 Å². The summed E-state index contributed by atoms with van der Waals surface area (Å²) in [5, 5.41) is 0.269. The average molecular weight is 428 g/mol. The molecule has 2 aliphatic heterocycles. The van der Waals surface area contributed by atoms with Gasteiger partial charge < -0.3 is 10.5 Å². The number of benzene rings is 2. The maximum atomic E-state index is 13.9. The van der Waals surface area contributed by atoms with E-state index in [0.29, 0.717) is 35.3 Å². The van der Waals surface area contributed by atoms with Crippen LogP contribution in [-0.2, 0) is 15.1 Å². The minimum Gasteiger partial charge on any atom is -0.490 e. The standard InChI is InChI=1S/C22H19ClFN3O3/c1-27-20(29)22(26-21(27)25)16-8-11(12-6-13(23)9-14(24)7-12)2-4-18(16)30-19-5-3-15(28)10-17(19)22/h2,4,6-9,17,19H,3,5,10H2,1H3,(H2,25,26)/t17-,19?,22?/m0/s1. The Morgan fingerprint density at radius 1 is 1.23 bits per heavy atom. The van der Waals surface area contributed by atoms with Crippen LogP contribution >= 0.6 is 11.6 Å². The molecule has 2 aromatic carbocycles. The topological polar surface area (TPSA) is 85.0 Å². The lowest BCUT2D eigenvalue weighted by molar-refractivity contribution is -0.139. The smallest absolute Gasteiger partial charge is 0.262 e. The molecule has 1 saturated carbocycles. The Morgan fingerprint density at radius 3 is 2.73 bits per heavy atom. The lowest BCUT2D eigenvalue weighted by Crippen LogP contribution is -2.54. The van der Waals surface area contributed by atoms with Crippen molar-refractivity contribution >= 4 is 29.3 Å². The van der Waals surface area contributed by atoms with Crippen LogP contribution in [0.15, 0.2) is 41.4 Å². The Bertz CT molecular complexity index is 1110. The molecule has 3 aliphatic rings. The fourth-order valence-electron chi connectivity index (χ4n) is 4.81. The third-order valence-electron chi connectivity index (χ3n) is 6.27. The molecule has 1 spiro atoms. The molecule has 2 aromatic rings. The average Bonchev–Trinajstić information content (AvgIpc) is 2.93. The molecular formula is C22H19ClFN3O3. The maximum absolute atomic E-state index is 13.9. The monoisotopic (exact) mass is 427 g/mol. The summed E-state index contributed by atoms with van der Waals surface area (Å²) < 4.78 is 20.1. The highest BCUT2D eigenvalue weighted by Gasteiger charge is 2.61. The third-order valence-corrected chi connectivity index (χ3v) is 6.49. The van der Waals surface area contributed by atoms with Crippen molar-refractivity contribution in [1.29, 1.82) is 0 Å². The van der Waals surface area contributed by atoms with E-state index in [1.54, 1.807) is 31.3 Å². The molecule has 154 valence electrons. The number of amides is 1. The third kappa shape index (κ3) is 2.65. The highest BCUT2D eigenvalue weighted by atomic mass is 35.5. The van der Waals surface area contributed by atoms with Gasteiger partial charge in [0.2, 0.25) is 0 Å². The predicted octanol–water partition coefficient (Wildman–Crippen LogP) is 3.26. The normalized spacial score (nSPS) is 27.6. The summed E-state index contributed by atoms with van der Waals surface area (Å²) >= 11 is 6.03. The van der Waals surface area contributed by atoms with E-state index in [1.165, 1.54) is 17.0 Å². The molecule has 3 atom stereocenters. The summed E-state index contributed by atoms with van der Waals surface area (Å²) in [4.78, 5) is 31.7. The first-order valence-corrected chi connectivity index (χ1v) is 10.1. The summed E-state index contributed by atoms with van der Waals surface area (Å²) in [6.07, 6.45) is 0.821. The molecule has 8 heteroatoms. The summed E-state index contributed by atoms with van der Waals surface area (Å²) in [6, 6.07) is 9.57. The van der Waals surface area contributed by atoms with Gasteiger partial charge in [0.25, 0.3) is 5.91 Å². The Balaban J connectivity index is 1.73. The molecule has 0 aromatic heterocycles. The number of guanidine groups is 1. The molecule has 1 amide bonds. The molecule has 30 heavy (non-hydrogen) atoms. The molecule has 0 bridgehead atoms. The van der Waals surface area contributed by atoms with Crippen LogP contribution in [-0.4, -0.2) is 35.7 Å². The van der Waals surface area contributed by atoms with E-state index in [0.717, 1.165) is 0 Å². The van der Waals surface area contributed by atoms with Gasteiger partial charge in [-0.05, 0) is 47.9 Å². The molecule has 0 radical (unpaired) electrons. The molecule has 5 rings (SSSR count). The van der Waals surface area contributed by atoms with Crippen molar-refractivity contribution in [2.75, 3.05) is 7.05 Å². The van der Waals surface area contributed by atoms with E-state index in [4.69, 9.17) is 22.1 Å². The minimum absolute atomic E-state index is 0.0758. The van der Waals surface area contributed by atoms with Crippen molar-refractivity contribution in [3.63, 3.8) is 0 Å². The van der Waals surface area contributed by atoms with Crippen molar-refractivity contribution in [3.05, 3.63) is 52.8 Å². The number of carbonyl (C=O) groups is 2. The Kier molecular flexibility index (Phi) is 4.15. The van der Waals surface area contributed by atoms with Gasteiger partial charge in [-0.15, -0.1) is 0 Å². The lowest BCUT2D eigenvalue weighted by atomic mass is 9.67. The second kappa shape index (κ2) is 6.54. The predicted molar refractivity (Wildman–Crippen MR) is 110 cm³/mol. The van der Waals surface area contributed by atoms with E-state index in [1.807, 2.05) is 0 Å². The van der Waals surface area contributed by atoms with Crippen LogP contribution in [0.3, 0.4) is 0 Å². The number of nitrogens with two attached hydrogens (primary N) is 1. The fraction of sp³-hybridized carbons (Fsp3) is 0.318. The Hall–Kier alpha value is -2.93. The largest absolute Gasteiger partial charge is 0.490 e. The van der Waals surface area contributed by atoms with Crippen molar-refractivity contribution in [3.8, 4) is 16.9 Å². The van der Waals surface area contributed by atoms with E-state index in [-0.39, 0.29) is 35.2 Å². The van der Waals surface area contributed by atoms with Gasteiger partial charge in [0.05, 0.1) is 0 Å². The number of hydrogen-bond donors (Lipinski definition) is 1. The molecule has 2 N–H and O–H groups in total. The van der Waals surface area contributed by atoms with E-state index >= 15 is 0 Å². The SMILES string of the molecule is CN1C(=O)C2(N=C1N)c1cc(-c3cc(F)cc(Cl)c3)ccc1OC1CCC(=O)C[C@@H]12. The molecule has 1 fully saturated rings. The maximum Gasteiger partial charge on any atom is 0.262 e. The molecule has 2 unspecified atom stereocenters. The van der Waals surface area contributed by atoms with Crippen LogP contribution in [0.5, 0.6) is 5.75 Å². The van der Waals surface area contributed by atoms with E-state index in [2.05, 4.69) is 4.99 Å². The number of likely N-dealkylation sites (N-methyl/N-ethyl adjacent to an activating group) is 1. The zero-order chi connectivity index (χ0) is 21.2. The summed E-state index contributed by atoms with van der Waals surface area (Å²) in [6.45, 7) is 0. The number of ketones is 1. The molecule has 2 heterocycles. The number of rotatable bonds is 1. The quantitative estimate of drug-likeness (QED) is 0.757. The second-order valence-corrected chi connectivity index (χ2v) is 8.45. The first kappa shape index (κ1) is 19.1. The Morgan fingerprint density at radius 2 is 2.03 bits per heavy atom. The van der Waals surface area contributed by atoms with Gasteiger partial charge in [0, 0.05) is 36.4 Å². The molecule has 0 saturated heterocycles. The van der Waals surface area contributed by atoms with Gasteiger partial charge in [-0.25, -0.2) is 9.38 Å².